The zero-order valence-corrected chi connectivity index (χ0v) is 18.9. The number of rotatable bonds is 7. The van der Waals surface area contributed by atoms with E-state index in [0.717, 1.165) is 49.8 Å². The fraction of sp³-hybridized carbons (Fsp3) is 0.480. The van der Waals surface area contributed by atoms with Crippen LogP contribution in [-0.2, 0) is 11.3 Å². The largest absolute Gasteiger partial charge is 0.454 e. The molecule has 2 aliphatic heterocycles. The number of piperazine rings is 1. The molecule has 0 saturated carbocycles. The van der Waals surface area contributed by atoms with Gasteiger partial charge in [-0.1, -0.05) is 44.2 Å². The molecule has 1 fully saturated rings. The highest BCUT2D eigenvalue weighted by Crippen LogP contribution is 2.34. The second kappa shape index (κ2) is 9.71. The standard InChI is InChI=1S/C25H33N3O3/c1-18(2)21-6-4-20(5-7-21)15-27-10-12-28(13-11-27)16-25(29)26-19(3)22-8-9-23-24(14-22)31-17-30-23/h4-9,14,18-19H,10-13,15-17H2,1-3H3,(H,26,29)/p+2/t19-/m1/s1. The van der Waals surface area contributed by atoms with E-state index < -0.39 is 0 Å². The number of hydrogen-bond acceptors (Lipinski definition) is 3. The number of amides is 1. The normalized spacial score (nSPS) is 21.2. The maximum Gasteiger partial charge on any atom is 0.275 e. The highest BCUT2D eigenvalue weighted by molar-refractivity contribution is 5.77. The molecule has 1 saturated heterocycles. The summed E-state index contributed by atoms with van der Waals surface area (Å²) in [6.07, 6.45) is 0. The quantitative estimate of drug-likeness (QED) is 0.612. The van der Waals surface area contributed by atoms with Crippen LogP contribution < -0.4 is 24.6 Å². The summed E-state index contributed by atoms with van der Waals surface area (Å²) in [6.45, 7) is 12.6. The van der Waals surface area contributed by atoms with Crippen LogP contribution in [0.25, 0.3) is 0 Å². The molecule has 0 bridgehead atoms. The number of nitrogens with one attached hydrogen (secondary N) is 3. The van der Waals surface area contributed by atoms with Crippen LogP contribution in [-0.4, -0.2) is 45.4 Å². The van der Waals surface area contributed by atoms with Crippen LogP contribution in [0.15, 0.2) is 42.5 Å². The first-order valence-corrected chi connectivity index (χ1v) is 11.4. The van der Waals surface area contributed by atoms with Crippen molar-refractivity contribution in [2.24, 2.45) is 0 Å². The lowest BCUT2D eigenvalue weighted by Gasteiger charge is -2.29. The molecule has 4 rings (SSSR count). The van der Waals surface area contributed by atoms with Gasteiger partial charge in [-0.2, -0.15) is 0 Å². The summed E-state index contributed by atoms with van der Waals surface area (Å²) in [7, 11) is 0. The molecule has 3 N–H and O–H groups in total. The monoisotopic (exact) mass is 425 g/mol. The third-order valence-electron chi connectivity index (χ3n) is 6.45. The molecule has 6 heteroatoms. The number of hydrogen-bond donors (Lipinski definition) is 3. The molecule has 2 aliphatic rings. The Labute approximate surface area is 185 Å². The van der Waals surface area contributed by atoms with E-state index in [1.54, 1.807) is 4.90 Å². The van der Waals surface area contributed by atoms with Gasteiger partial charge in [0, 0.05) is 5.56 Å². The van der Waals surface area contributed by atoms with E-state index in [0.29, 0.717) is 12.5 Å². The fourth-order valence-electron chi connectivity index (χ4n) is 4.41. The molecule has 2 aromatic carbocycles. The van der Waals surface area contributed by atoms with Crippen LogP contribution in [0.4, 0.5) is 0 Å². The predicted octanol–water partition coefficient (Wildman–Crippen LogP) is 0.700. The third-order valence-corrected chi connectivity index (χ3v) is 6.45. The first kappa shape index (κ1) is 21.7. The summed E-state index contributed by atoms with van der Waals surface area (Å²) in [6, 6.07) is 14.8. The van der Waals surface area contributed by atoms with Gasteiger partial charge < -0.3 is 24.6 Å². The molecule has 0 unspecified atom stereocenters. The fourth-order valence-corrected chi connectivity index (χ4v) is 4.41. The van der Waals surface area contributed by atoms with Crippen LogP contribution >= 0.6 is 0 Å². The van der Waals surface area contributed by atoms with E-state index in [2.05, 4.69) is 43.4 Å². The van der Waals surface area contributed by atoms with E-state index in [9.17, 15) is 4.79 Å². The summed E-state index contributed by atoms with van der Waals surface area (Å²) >= 11 is 0. The summed E-state index contributed by atoms with van der Waals surface area (Å²) in [5, 5.41) is 3.14. The highest BCUT2D eigenvalue weighted by Gasteiger charge is 2.25. The summed E-state index contributed by atoms with van der Waals surface area (Å²) in [4.78, 5) is 15.6. The molecule has 0 spiro atoms. The first-order valence-electron chi connectivity index (χ1n) is 11.4. The zero-order chi connectivity index (χ0) is 21.8. The molecule has 31 heavy (non-hydrogen) atoms. The summed E-state index contributed by atoms with van der Waals surface area (Å²) in [5.74, 6) is 2.20. The molecule has 0 radical (unpaired) electrons. The minimum atomic E-state index is -0.0536. The van der Waals surface area contributed by atoms with Crippen LogP contribution in [0.2, 0.25) is 0 Å². The molecule has 2 heterocycles. The van der Waals surface area contributed by atoms with Crippen molar-refractivity contribution < 1.29 is 24.1 Å². The lowest BCUT2D eigenvalue weighted by atomic mass is 10.0. The molecule has 166 valence electrons. The lowest BCUT2D eigenvalue weighted by Crippen LogP contribution is -3.28. The van der Waals surface area contributed by atoms with Crippen LogP contribution in [0.3, 0.4) is 0 Å². The number of fused-ring (bicyclic) bond motifs is 1. The van der Waals surface area contributed by atoms with Gasteiger partial charge in [0.15, 0.2) is 18.0 Å². The van der Waals surface area contributed by atoms with Gasteiger partial charge in [0.25, 0.3) is 5.91 Å². The Bertz CT molecular complexity index is 889. The van der Waals surface area contributed by atoms with Gasteiger partial charge in [0.05, 0.1) is 6.04 Å². The second-order valence-corrected chi connectivity index (χ2v) is 9.15. The van der Waals surface area contributed by atoms with Crippen LogP contribution in [0.5, 0.6) is 11.5 Å². The molecular formula is C25H35N3O3+2. The molecular weight excluding hydrogens is 390 g/mol. The smallest absolute Gasteiger partial charge is 0.275 e. The van der Waals surface area contributed by atoms with Gasteiger partial charge in [0.1, 0.15) is 32.7 Å². The van der Waals surface area contributed by atoms with Crippen LogP contribution in [0, 0.1) is 0 Å². The van der Waals surface area contributed by atoms with Gasteiger partial charge in [-0.05, 0) is 36.1 Å². The van der Waals surface area contributed by atoms with Gasteiger partial charge in [-0.3, -0.25) is 4.79 Å². The number of carbonyl (C=O) groups excluding carboxylic acids is 1. The molecule has 6 nitrogen and oxygen atoms in total. The Hall–Kier alpha value is -2.57. The predicted molar refractivity (Wildman–Crippen MR) is 120 cm³/mol. The van der Waals surface area contributed by atoms with Crippen molar-refractivity contribution in [1.82, 2.24) is 5.32 Å². The maximum absolute atomic E-state index is 12.6. The lowest BCUT2D eigenvalue weighted by molar-refractivity contribution is -1.02. The van der Waals surface area contributed by atoms with Gasteiger partial charge in [0.2, 0.25) is 6.79 Å². The molecule has 0 aliphatic carbocycles. The van der Waals surface area contributed by atoms with Crippen molar-refractivity contribution in [2.75, 3.05) is 39.5 Å². The Kier molecular flexibility index (Phi) is 6.78. The van der Waals surface area contributed by atoms with Crippen molar-refractivity contribution in [2.45, 2.75) is 39.3 Å². The summed E-state index contributed by atoms with van der Waals surface area (Å²) in [5.41, 5.74) is 3.83. The second-order valence-electron chi connectivity index (χ2n) is 9.15. The average Bonchev–Trinajstić information content (AvgIpc) is 3.23. The van der Waals surface area contributed by atoms with Gasteiger partial charge in [-0.15, -0.1) is 0 Å². The molecule has 2 aromatic rings. The minimum Gasteiger partial charge on any atom is -0.454 e. The van der Waals surface area contributed by atoms with E-state index in [4.69, 9.17) is 9.47 Å². The van der Waals surface area contributed by atoms with Crippen molar-refractivity contribution in [3.8, 4) is 11.5 Å². The molecule has 0 aromatic heterocycles. The number of benzene rings is 2. The van der Waals surface area contributed by atoms with E-state index in [-0.39, 0.29) is 18.7 Å². The van der Waals surface area contributed by atoms with Crippen molar-refractivity contribution in [1.29, 1.82) is 0 Å². The van der Waals surface area contributed by atoms with Gasteiger partial charge in [-0.25, -0.2) is 0 Å². The average molecular weight is 426 g/mol. The Morgan fingerprint density at radius 1 is 0.903 bits per heavy atom. The molecule has 1 atom stereocenters. The number of carbonyl (C=O) groups is 1. The topological polar surface area (TPSA) is 56.4 Å². The van der Waals surface area contributed by atoms with Gasteiger partial charge >= 0.3 is 0 Å². The SMILES string of the molecule is CC(C)c1ccc(C[NH+]2CC[NH+](CC(=O)N[C@H](C)c3ccc4c(c3)OCO4)CC2)cc1. The van der Waals surface area contributed by atoms with Crippen molar-refractivity contribution in [3.05, 3.63) is 59.2 Å². The Balaban J connectivity index is 1.21. The van der Waals surface area contributed by atoms with Crippen molar-refractivity contribution >= 4 is 5.91 Å². The number of quaternary nitrogens is 2. The third kappa shape index (κ3) is 5.57. The minimum absolute atomic E-state index is 0.0536. The van der Waals surface area contributed by atoms with E-state index in [1.165, 1.54) is 16.0 Å². The zero-order valence-electron chi connectivity index (χ0n) is 18.9. The molecule has 1 amide bonds. The van der Waals surface area contributed by atoms with Crippen molar-refractivity contribution in [3.63, 3.8) is 0 Å². The Morgan fingerprint density at radius 2 is 1.55 bits per heavy atom. The van der Waals surface area contributed by atoms with E-state index in [1.807, 2.05) is 25.1 Å². The first-order chi connectivity index (χ1) is 15.0. The summed E-state index contributed by atoms with van der Waals surface area (Å²) < 4.78 is 10.8. The highest BCUT2D eigenvalue weighted by atomic mass is 16.7. The van der Waals surface area contributed by atoms with E-state index >= 15 is 0 Å². The van der Waals surface area contributed by atoms with Crippen LogP contribution in [0.1, 0.15) is 49.4 Å². The maximum atomic E-state index is 12.6. The number of ether oxygens (including phenoxy) is 2. The Morgan fingerprint density at radius 3 is 2.26 bits per heavy atom.